The third kappa shape index (κ3) is 3.30. The number of fused-ring (bicyclic) bond motifs is 1. The van der Waals surface area contributed by atoms with Crippen molar-refractivity contribution < 1.29 is 14.7 Å². The topological polar surface area (TPSA) is 69.6 Å². The van der Waals surface area contributed by atoms with E-state index in [0.29, 0.717) is 6.54 Å². The number of hydrogen-bond donors (Lipinski definition) is 2. The Morgan fingerprint density at radius 3 is 2.64 bits per heavy atom. The number of nitrogens with zero attached hydrogens (tertiary/aromatic N) is 1. The highest BCUT2D eigenvalue weighted by Gasteiger charge is 2.33. The summed E-state index contributed by atoms with van der Waals surface area (Å²) in [6, 6.07) is 7.63. The highest BCUT2D eigenvalue weighted by atomic mass is 16.3. The molecule has 1 aromatic carbocycles. The Morgan fingerprint density at radius 2 is 2.00 bits per heavy atom. The average Bonchev–Trinajstić information content (AvgIpc) is 2.80. The maximum Gasteiger partial charge on any atom is 0.316 e. The zero-order chi connectivity index (χ0) is 16.5. The van der Waals surface area contributed by atoms with Gasteiger partial charge in [0.1, 0.15) is 0 Å². The molecule has 2 N–H and O–H groups in total. The van der Waals surface area contributed by atoms with Crippen LogP contribution in [0.3, 0.4) is 0 Å². The Bertz CT molecular complexity index is 578. The second-order valence-corrected chi connectivity index (χ2v) is 6.97. The lowest BCUT2D eigenvalue weighted by Gasteiger charge is -2.26. The first-order valence-electron chi connectivity index (χ1n) is 7.58. The summed E-state index contributed by atoms with van der Waals surface area (Å²) in [6.07, 6.45) is -0.700. The lowest BCUT2D eigenvalue weighted by molar-refractivity contribution is -0.138. The Balaban J connectivity index is 2.02. The largest absolute Gasteiger partial charge is 0.391 e. The first kappa shape index (κ1) is 16.5. The van der Waals surface area contributed by atoms with Gasteiger partial charge in [-0.15, -0.1) is 0 Å². The molecule has 0 spiro atoms. The van der Waals surface area contributed by atoms with Crippen LogP contribution in [0.2, 0.25) is 0 Å². The molecule has 0 fully saturated rings. The van der Waals surface area contributed by atoms with Crippen LogP contribution >= 0.6 is 0 Å². The van der Waals surface area contributed by atoms with Crippen LogP contribution in [0, 0.1) is 5.41 Å². The van der Waals surface area contributed by atoms with Crippen molar-refractivity contribution >= 4 is 17.5 Å². The number of aliphatic hydroxyl groups is 1. The van der Waals surface area contributed by atoms with Crippen LogP contribution in [0.5, 0.6) is 0 Å². The highest BCUT2D eigenvalue weighted by Crippen LogP contribution is 2.35. The Morgan fingerprint density at radius 1 is 1.36 bits per heavy atom. The van der Waals surface area contributed by atoms with Gasteiger partial charge in [-0.25, -0.2) is 0 Å². The van der Waals surface area contributed by atoms with Gasteiger partial charge in [-0.2, -0.15) is 0 Å². The Labute approximate surface area is 131 Å². The molecule has 1 aliphatic rings. The molecule has 0 aliphatic carbocycles. The minimum absolute atomic E-state index is 0.0686. The SMILES string of the molecule is CC1CN(C(=O)C(=O)NCC(O)C(C)(C)C)c2ccccc21. The number of nitrogens with one attached hydrogen (secondary N) is 1. The predicted octanol–water partition coefficient (Wildman–Crippen LogP) is 1.66. The number of carbonyl (C=O) groups is 2. The van der Waals surface area contributed by atoms with Gasteiger partial charge < -0.3 is 15.3 Å². The van der Waals surface area contributed by atoms with Crippen LogP contribution in [0.25, 0.3) is 0 Å². The van der Waals surface area contributed by atoms with Gasteiger partial charge in [0.2, 0.25) is 0 Å². The molecule has 22 heavy (non-hydrogen) atoms. The van der Waals surface area contributed by atoms with Crippen molar-refractivity contribution in [1.29, 1.82) is 0 Å². The molecule has 2 amide bonds. The summed E-state index contributed by atoms with van der Waals surface area (Å²) in [5, 5.41) is 12.5. The zero-order valence-electron chi connectivity index (χ0n) is 13.6. The van der Waals surface area contributed by atoms with Crippen molar-refractivity contribution in [2.75, 3.05) is 18.0 Å². The third-order valence-corrected chi connectivity index (χ3v) is 4.11. The molecule has 0 saturated carbocycles. The molecular weight excluding hydrogens is 280 g/mol. The average molecular weight is 304 g/mol. The molecule has 0 saturated heterocycles. The quantitative estimate of drug-likeness (QED) is 0.816. The first-order chi connectivity index (χ1) is 10.2. The molecular formula is C17H24N2O3. The van der Waals surface area contributed by atoms with E-state index in [-0.39, 0.29) is 17.9 Å². The van der Waals surface area contributed by atoms with Crippen molar-refractivity contribution in [3.05, 3.63) is 29.8 Å². The fraction of sp³-hybridized carbons (Fsp3) is 0.529. The van der Waals surface area contributed by atoms with Gasteiger partial charge in [0.25, 0.3) is 0 Å². The van der Waals surface area contributed by atoms with Crippen LogP contribution < -0.4 is 10.2 Å². The van der Waals surface area contributed by atoms with E-state index in [4.69, 9.17) is 0 Å². The van der Waals surface area contributed by atoms with Gasteiger partial charge >= 0.3 is 11.8 Å². The molecule has 1 heterocycles. The molecule has 1 aliphatic heterocycles. The summed E-state index contributed by atoms with van der Waals surface area (Å²) in [5.74, 6) is -1.03. The van der Waals surface area contributed by atoms with Crippen LogP contribution in [0.1, 0.15) is 39.2 Å². The minimum Gasteiger partial charge on any atom is -0.391 e. The summed E-state index contributed by atoms with van der Waals surface area (Å²) in [5.41, 5.74) is 1.54. The highest BCUT2D eigenvalue weighted by molar-refractivity contribution is 6.40. The van der Waals surface area contributed by atoms with E-state index in [9.17, 15) is 14.7 Å². The molecule has 2 unspecified atom stereocenters. The van der Waals surface area contributed by atoms with Crippen molar-refractivity contribution in [2.45, 2.75) is 39.7 Å². The molecule has 5 heteroatoms. The van der Waals surface area contributed by atoms with E-state index < -0.39 is 17.9 Å². The smallest absolute Gasteiger partial charge is 0.316 e. The van der Waals surface area contributed by atoms with Gasteiger partial charge in [-0.3, -0.25) is 9.59 Å². The lowest BCUT2D eigenvalue weighted by Crippen LogP contribution is -2.46. The Hall–Kier alpha value is -1.88. The lowest BCUT2D eigenvalue weighted by atomic mass is 9.89. The molecule has 1 aromatic rings. The maximum atomic E-state index is 12.3. The first-order valence-corrected chi connectivity index (χ1v) is 7.58. The van der Waals surface area contributed by atoms with E-state index in [1.165, 1.54) is 4.90 Å². The second-order valence-electron chi connectivity index (χ2n) is 6.97. The van der Waals surface area contributed by atoms with Gasteiger partial charge in [-0.05, 0) is 17.0 Å². The third-order valence-electron chi connectivity index (χ3n) is 4.11. The number of para-hydroxylation sites is 1. The standard InChI is InChI=1S/C17H24N2O3/c1-11-10-19(13-8-6-5-7-12(11)13)16(22)15(21)18-9-14(20)17(2,3)4/h5-8,11,14,20H,9-10H2,1-4H3,(H,18,21). The molecule has 120 valence electrons. The minimum atomic E-state index is -0.700. The number of anilines is 1. The van der Waals surface area contributed by atoms with Crippen molar-refractivity contribution in [3.8, 4) is 0 Å². The molecule has 2 rings (SSSR count). The summed E-state index contributed by atoms with van der Waals surface area (Å²) < 4.78 is 0. The van der Waals surface area contributed by atoms with E-state index in [1.54, 1.807) is 0 Å². The Kier molecular flexibility index (Phi) is 4.56. The fourth-order valence-electron chi connectivity index (χ4n) is 2.51. The number of hydrogen-bond acceptors (Lipinski definition) is 3. The van der Waals surface area contributed by atoms with Gasteiger partial charge in [0.15, 0.2) is 0 Å². The van der Waals surface area contributed by atoms with Crippen molar-refractivity contribution in [3.63, 3.8) is 0 Å². The van der Waals surface area contributed by atoms with E-state index in [0.717, 1.165) is 11.3 Å². The summed E-state index contributed by atoms with van der Waals surface area (Å²) in [7, 11) is 0. The molecule has 5 nitrogen and oxygen atoms in total. The summed E-state index contributed by atoms with van der Waals surface area (Å²) in [6.45, 7) is 8.25. The van der Waals surface area contributed by atoms with Gasteiger partial charge in [-0.1, -0.05) is 45.9 Å². The van der Waals surface area contributed by atoms with Crippen LogP contribution in [0.15, 0.2) is 24.3 Å². The number of amides is 2. The molecule has 2 atom stereocenters. The summed E-state index contributed by atoms with van der Waals surface area (Å²) >= 11 is 0. The van der Waals surface area contributed by atoms with Gasteiger partial charge in [0.05, 0.1) is 6.10 Å². The number of aliphatic hydroxyl groups excluding tert-OH is 1. The zero-order valence-corrected chi connectivity index (χ0v) is 13.6. The number of rotatable bonds is 2. The number of carbonyl (C=O) groups excluding carboxylic acids is 2. The van der Waals surface area contributed by atoms with E-state index in [1.807, 2.05) is 52.0 Å². The van der Waals surface area contributed by atoms with E-state index >= 15 is 0 Å². The summed E-state index contributed by atoms with van der Waals surface area (Å²) in [4.78, 5) is 25.9. The fourth-order valence-corrected chi connectivity index (χ4v) is 2.51. The molecule has 0 radical (unpaired) electrons. The molecule has 0 bridgehead atoms. The van der Waals surface area contributed by atoms with Crippen LogP contribution in [0.4, 0.5) is 5.69 Å². The molecule has 0 aromatic heterocycles. The predicted molar refractivity (Wildman–Crippen MR) is 85.7 cm³/mol. The maximum absolute atomic E-state index is 12.3. The monoisotopic (exact) mass is 304 g/mol. The van der Waals surface area contributed by atoms with Crippen molar-refractivity contribution in [1.82, 2.24) is 5.32 Å². The van der Waals surface area contributed by atoms with Crippen LogP contribution in [-0.4, -0.2) is 36.1 Å². The van der Waals surface area contributed by atoms with Crippen molar-refractivity contribution in [2.24, 2.45) is 5.41 Å². The van der Waals surface area contributed by atoms with Crippen LogP contribution in [-0.2, 0) is 9.59 Å². The van der Waals surface area contributed by atoms with E-state index in [2.05, 4.69) is 5.32 Å². The second kappa shape index (κ2) is 6.08. The normalized spacial score (nSPS) is 18.8. The van der Waals surface area contributed by atoms with Gasteiger partial charge in [0, 0.05) is 24.7 Å². The number of benzene rings is 1.